The Morgan fingerprint density at radius 2 is 2.19 bits per heavy atom. The van der Waals surface area contributed by atoms with Crippen LogP contribution < -0.4 is 10.2 Å². The zero-order valence-corrected chi connectivity index (χ0v) is 12.0. The van der Waals surface area contributed by atoms with Gasteiger partial charge in [-0.3, -0.25) is 9.89 Å². The summed E-state index contributed by atoms with van der Waals surface area (Å²) in [6.45, 7) is 2.22. The molecule has 2 heterocycles. The highest BCUT2D eigenvalue weighted by Gasteiger charge is 2.12. The number of hydrogen-bond acceptors (Lipinski definition) is 3. The van der Waals surface area contributed by atoms with Crippen LogP contribution in [-0.2, 0) is 11.2 Å². The molecule has 5 nitrogen and oxygen atoms in total. The number of benzene rings is 1. The summed E-state index contributed by atoms with van der Waals surface area (Å²) in [7, 11) is 0. The summed E-state index contributed by atoms with van der Waals surface area (Å²) < 4.78 is 0. The first-order chi connectivity index (χ1) is 10.3. The molecule has 1 aliphatic rings. The molecule has 0 spiro atoms. The van der Waals surface area contributed by atoms with Gasteiger partial charge in [-0.1, -0.05) is 6.07 Å². The molecule has 1 aliphatic heterocycles. The van der Waals surface area contributed by atoms with Gasteiger partial charge in [0.15, 0.2) is 0 Å². The maximum absolute atomic E-state index is 12.0. The van der Waals surface area contributed by atoms with Crippen LogP contribution in [0.4, 0.5) is 11.4 Å². The molecule has 1 amide bonds. The fraction of sp³-hybridized carbons (Fsp3) is 0.375. The van der Waals surface area contributed by atoms with E-state index in [1.54, 1.807) is 6.20 Å². The van der Waals surface area contributed by atoms with Crippen molar-refractivity contribution in [2.45, 2.75) is 25.7 Å². The summed E-state index contributed by atoms with van der Waals surface area (Å²) in [6, 6.07) is 8.10. The number of carbonyl (C=O) groups is 1. The molecule has 1 aromatic heterocycles. The molecule has 0 saturated carbocycles. The summed E-state index contributed by atoms with van der Waals surface area (Å²) in [5.74, 6) is 0.0368. The molecule has 5 heteroatoms. The highest BCUT2D eigenvalue weighted by atomic mass is 16.1. The average molecular weight is 284 g/mol. The topological polar surface area (TPSA) is 61.0 Å². The lowest BCUT2D eigenvalue weighted by atomic mass is 10.2. The van der Waals surface area contributed by atoms with Gasteiger partial charge in [0, 0.05) is 37.1 Å². The lowest BCUT2D eigenvalue weighted by molar-refractivity contribution is -0.116. The number of aromatic nitrogens is 2. The molecular weight excluding hydrogens is 264 g/mol. The third kappa shape index (κ3) is 3.62. The van der Waals surface area contributed by atoms with Gasteiger partial charge in [-0.25, -0.2) is 0 Å². The molecule has 110 valence electrons. The molecule has 0 unspecified atom stereocenters. The highest BCUT2D eigenvalue weighted by molar-refractivity contribution is 5.91. The normalized spacial score (nSPS) is 14.4. The first kappa shape index (κ1) is 13.7. The van der Waals surface area contributed by atoms with Crippen LogP contribution in [0.15, 0.2) is 36.7 Å². The second-order valence-corrected chi connectivity index (χ2v) is 5.40. The lowest BCUT2D eigenvalue weighted by Crippen LogP contribution is -2.18. The van der Waals surface area contributed by atoms with Crippen LogP contribution in [0.2, 0.25) is 0 Å². The Labute approximate surface area is 124 Å². The van der Waals surface area contributed by atoms with Crippen LogP contribution in [0, 0.1) is 0 Å². The van der Waals surface area contributed by atoms with Gasteiger partial charge in [0.2, 0.25) is 5.91 Å². The second kappa shape index (κ2) is 6.43. The zero-order chi connectivity index (χ0) is 14.5. The van der Waals surface area contributed by atoms with E-state index in [-0.39, 0.29) is 5.91 Å². The van der Waals surface area contributed by atoms with E-state index in [1.807, 2.05) is 18.3 Å². The zero-order valence-electron chi connectivity index (χ0n) is 12.0. The van der Waals surface area contributed by atoms with Crippen LogP contribution in [0.25, 0.3) is 0 Å². The second-order valence-electron chi connectivity index (χ2n) is 5.40. The molecule has 2 aromatic rings. The Balaban J connectivity index is 1.56. The first-order valence-corrected chi connectivity index (χ1v) is 7.44. The van der Waals surface area contributed by atoms with Crippen LogP contribution in [0.5, 0.6) is 0 Å². The molecule has 0 aliphatic carbocycles. The van der Waals surface area contributed by atoms with Crippen LogP contribution in [-0.4, -0.2) is 29.2 Å². The van der Waals surface area contributed by atoms with Crippen LogP contribution in [0.3, 0.4) is 0 Å². The Hall–Kier alpha value is -2.30. The van der Waals surface area contributed by atoms with Gasteiger partial charge >= 0.3 is 0 Å². The Morgan fingerprint density at radius 1 is 1.33 bits per heavy atom. The van der Waals surface area contributed by atoms with Crippen molar-refractivity contribution >= 4 is 17.3 Å². The monoisotopic (exact) mass is 284 g/mol. The number of nitrogens with zero attached hydrogens (tertiary/aromatic N) is 2. The fourth-order valence-corrected chi connectivity index (χ4v) is 2.65. The number of anilines is 2. The number of H-pyrrole nitrogens is 1. The molecule has 2 N–H and O–H groups in total. The number of nitrogens with one attached hydrogen (secondary N) is 2. The summed E-state index contributed by atoms with van der Waals surface area (Å²) in [4.78, 5) is 14.3. The summed E-state index contributed by atoms with van der Waals surface area (Å²) >= 11 is 0. The Kier molecular flexibility index (Phi) is 4.19. The van der Waals surface area contributed by atoms with Gasteiger partial charge in [0.1, 0.15) is 0 Å². The van der Waals surface area contributed by atoms with Crippen molar-refractivity contribution in [3.05, 3.63) is 42.2 Å². The summed E-state index contributed by atoms with van der Waals surface area (Å²) in [5, 5.41) is 9.60. The van der Waals surface area contributed by atoms with E-state index in [2.05, 4.69) is 32.5 Å². The van der Waals surface area contributed by atoms with Gasteiger partial charge in [0.25, 0.3) is 0 Å². The number of carbonyl (C=O) groups excluding carboxylic acids is 1. The third-order valence-corrected chi connectivity index (χ3v) is 3.80. The quantitative estimate of drug-likeness (QED) is 0.887. The first-order valence-electron chi connectivity index (χ1n) is 7.44. The van der Waals surface area contributed by atoms with E-state index in [4.69, 9.17) is 0 Å². The van der Waals surface area contributed by atoms with Gasteiger partial charge in [-0.2, -0.15) is 5.10 Å². The minimum absolute atomic E-state index is 0.0368. The van der Waals surface area contributed by atoms with Crippen molar-refractivity contribution in [1.29, 1.82) is 0 Å². The molecule has 0 bridgehead atoms. The van der Waals surface area contributed by atoms with E-state index < -0.39 is 0 Å². The maximum atomic E-state index is 12.0. The van der Waals surface area contributed by atoms with Gasteiger partial charge in [0.05, 0.1) is 6.20 Å². The van der Waals surface area contributed by atoms with Gasteiger partial charge < -0.3 is 10.2 Å². The Morgan fingerprint density at radius 3 is 2.95 bits per heavy atom. The summed E-state index contributed by atoms with van der Waals surface area (Å²) in [6.07, 6.45) is 7.24. The van der Waals surface area contributed by atoms with Crippen molar-refractivity contribution in [3.8, 4) is 0 Å². The largest absolute Gasteiger partial charge is 0.371 e. The summed E-state index contributed by atoms with van der Waals surface area (Å²) in [5.41, 5.74) is 3.12. The number of amides is 1. The average Bonchev–Trinajstić information content (AvgIpc) is 3.19. The SMILES string of the molecule is O=C(CCc1cn[nH]c1)Nc1cccc(N2CCCC2)c1. The maximum Gasteiger partial charge on any atom is 0.224 e. The fourth-order valence-electron chi connectivity index (χ4n) is 2.65. The number of aryl methyl sites for hydroxylation is 1. The molecule has 1 saturated heterocycles. The third-order valence-electron chi connectivity index (χ3n) is 3.80. The highest BCUT2D eigenvalue weighted by Crippen LogP contribution is 2.23. The molecule has 1 fully saturated rings. The Bertz CT molecular complexity index is 588. The number of aromatic amines is 1. The standard InChI is InChI=1S/C16H20N4O/c21-16(7-6-13-11-17-18-12-13)19-14-4-3-5-15(10-14)20-8-1-2-9-20/h3-5,10-12H,1-2,6-9H2,(H,17,18)(H,19,21). The van der Waals surface area contributed by atoms with E-state index in [0.29, 0.717) is 12.8 Å². The van der Waals surface area contributed by atoms with Gasteiger partial charge in [-0.15, -0.1) is 0 Å². The predicted octanol–water partition coefficient (Wildman–Crippen LogP) is 2.58. The van der Waals surface area contributed by atoms with Crippen LogP contribution in [0.1, 0.15) is 24.8 Å². The van der Waals surface area contributed by atoms with Gasteiger partial charge in [-0.05, 0) is 43.0 Å². The minimum atomic E-state index is 0.0368. The molecule has 0 atom stereocenters. The van der Waals surface area contributed by atoms with Crippen molar-refractivity contribution in [3.63, 3.8) is 0 Å². The predicted molar refractivity (Wildman–Crippen MR) is 83.4 cm³/mol. The van der Waals surface area contributed by atoms with Crippen molar-refractivity contribution < 1.29 is 4.79 Å². The van der Waals surface area contributed by atoms with E-state index >= 15 is 0 Å². The minimum Gasteiger partial charge on any atom is -0.371 e. The number of rotatable bonds is 5. The molecule has 21 heavy (non-hydrogen) atoms. The van der Waals surface area contributed by atoms with Crippen molar-refractivity contribution in [2.24, 2.45) is 0 Å². The number of hydrogen-bond donors (Lipinski definition) is 2. The van der Waals surface area contributed by atoms with Crippen molar-refractivity contribution in [2.75, 3.05) is 23.3 Å². The van der Waals surface area contributed by atoms with E-state index in [0.717, 1.165) is 24.3 Å². The van der Waals surface area contributed by atoms with Crippen molar-refractivity contribution in [1.82, 2.24) is 10.2 Å². The lowest BCUT2D eigenvalue weighted by Gasteiger charge is -2.18. The molecular formula is C16H20N4O. The molecule has 0 radical (unpaired) electrons. The molecule has 1 aromatic carbocycles. The van der Waals surface area contributed by atoms with Crippen LogP contribution >= 0.6 is 0 Å². The molecule has 3 rings (SSSR count). The van der Waals surface area contributed by atoms with E-state index in [1.165, 1.54) is 18.5 Å². The van der Waals surface area contributed by atoms with E-state index in [9.17, 15) is 4.79 Å². The smallest absolute Gasteiger partial charge is 0.224 e.